The zero-order chi connectivity index (χ0) is 8.97. The molecule has 1 rings (SSSR count). The van der Waals surface area contributed by atoms with Gasteiger partial charge in [0.25, 0.3) is 0 Å². The highest BCUT2D eigenvalue weighted by Crippen LogP contribution is 2.15. The van der Waals surface area contributed by atoms with Crippen molar-refractivity contribution in [1.29, 1.82) is 0 Å². The molecule has 0 atom stereocenters. The van der Waals surface area contributed by atoms with Gasteiger partial charge >= 0.3 is 5.69 Å². The molecule has 66 valence electrons. The number of hydrogen-bond donors (Lipinski definition) is 2. The molecule has 6 heteroatoms. The van der Waals surface area contributed by atoms with Crippen molar-refractivity contribution in [2.45, 2.75) is 12.8 Å². The van der Waals surface area contributed by atoms with Crippen LogP contribution >= 0.6 is 12.6 Å². The number of aryl methyl sites for hydroxylation is 1. The highest BCUT2D eigenvalue weighted by molar-refractivity contribution is 7.80. The maximum atomic E-state index is 10.4. The molecule has 0 aliphatic rings. The van der Waals surface area contributed by atoms with E-state index in [2.05, 4.69) is 22.8 Å². The van der Waals surface area contributed by atoms with Crippen LogP contribution in [-0.4, -0.2) is 20.9 Å². The first-order valence-corrected chi connectivity index (χ1v) is 4.16. The predicted molar refractivity (Wildman–Crippen MR) is 47.4 cm³/mol. The molecule has 5 nitrogen and oxygen atoms in total. The van der Waals surface area contributed by atoms with E-state index in [4.69, 9.17) is 0 Å². The van der Waals surface area contributed by atoms with Crippen LogP contribution < -0.4 is 0 Å². The molecule has 0 aliphatic heterocycles. The summed E-state index contributed by atoms with van der Waals surface area (Å²) in [5, 5.41) is 16.6. The summed E-state index contributed by atoms with van der Waals surface area (Å²) in [5.74, 6) is 0.718. The van der Waals surface area contributed by atoms with Crippen LogP contribution in [0, 0.1) is 10.1 Å². The molecular weight excluding hydrogens is 178 g/mol. The fraction of sp³-hybridized carbons (Fsp3) is 0.500. The van der Waals surface area contributed by atoms with Crippen molar-refractivity contribution in [2.24, 2.45) is 0 Å². The SMILES string of the molecule is O=[N+]([O-])c1cn[nH]c1CCCS. The average Bonchev–Trinajstić information content (AvgIpc) is 2.48. The Morgan fingerprint density at radius 2 is 2.50 bits per heavy atom. The summed E-state index contributed by atoms with van der Waals surface area (Å²) in [4.78, 5) is 9.94. The third-order valence-corrected chi connectivity index (χ3v) is 1.79. The first kappa shape index (κ1) is 9.05. The number of aromatic amines is 1. The van der Waals surface area contributed by atoms with Crippen LogP contribution in [0.3, 0.4) is 0 Å². The first-order chi connectivity index (χ1) is 5.75. The molecule has 0 spiro atoms. The summed E-state index contributed by atoms with van der Waals surface area (Å²) in [6.07, 6.45) is 2.67. The highest BCUT2D eigenvalue weighted by atomic mass is 32.1. The number of rotatable bonds is 4. The lowest BCUT2D eigenvalue weighted by Crippen LogP contribution is -1.93. The summed E-state index contributed by atoms with van der Waals surface area (Å²) >= 11 is 4.01. The van der Waals surface area contributed by atoms with Crippen molar-refractivity contribution >= 4 is 18.3 Å². The number of hydrogen-bond acceptors (Lipinski definition) is 4. The minimum Gasteiger partial charge on any atom is -0.275 e. The van der Waals surface area contributed by atoms with Gasteiger partial charge in [0.1, 0.15) is 11.9 Å². The lowest BCUT2D eigenvalue weighted by Gasteiger charge is -1.93. The van der Waals surface area contributed by atoms with Crippen molar-refractivity contribution < 1.29 is 4.92 Å². The van der Waals surface area contributed by atoms with Gasteiger partial charge in [0, 0.05) is 0 Å². The van der Waals surface area contributed by atoms with Crippen molar-refractivity contribution in [3.05, 3.63) is 22.0 Å². The van der Waals surface area contributed by atoms with E-state index >= 15 is 0 Å². The Bertz CT molecular complexity index is 274. The smallest absolute Gasteiger partial charge is 0.275 e. The molecule has 0 saturated heterocycles. The van der Waals surface area contributed by atoms with Gasteiger partial charge in [-0.1, -0.05) is 0 Å². The van der Waals surface area contributed by atoms with Crippen LogP contribution in [0.2, 0.25) is 0 Å². The second kappa shape index (κ2) is 4.10. The molecule has 0 radical (unpaired) electrons. The van der Waals surface area contributed by atoms with Crippen LogP contribution in [0.1, 0.15) is 12.1 Å². The summed E-state index contributed by atoms with van der Waals surface area (Å²) in [6, 6.07) is 0. The minimum atomic E-state index is -0.433. The van der Waals surface area contributed by atoms with Crippen LogP contribution in [0.25, 0.3) is 0 Å². The topological polar surface area (TPSA) is 71.8 Å². The van der Waals surface area contributed by atoms with E-state index in [-0.39, 0.29) is 5.69 Å². The van der Waals surface area contributed by atoms with Gasteiger partial charge in [-0.2, -0.15) is 17.7 Å². The second-order valence-electron chi connectivity index (χ2n) is 2.32. The molecule has 1 N–H and O–H groups in total. The van der Waals surface area contributed by atoms with Gasteiger partial charge in [0.15, 0.2) is 0 Å². The van der Waals surface area contributed by atoms with Gasteiger partial charge in [-0.15, -0.1) is 0 Å². The number of aromatic nitrogens is 2. The van der Waals surface area contributed by atoms with Crippen molar-refractivity contribution in [2.75, 3.05) is 5.75 Å². The molecule has 0 aromatic carbocycles. The third kappa shape index (κ3) is 1.97. The normalized spacial score (nSPS) is 10.1. The number of nitro groups is 1. The van der Waals surface area contributed by atoms with Gasteiger partial charge < -0.3 is 0 Å². The van der Waals surface area contributed by atoms with Crippen LogP contribution in [0.5, 0.6) is 0 Å². The number of nitrogens with one attached hydrogen (secondary N) is 1. The van der Waals surface area contributed by atoms with Crippen molar-refractivity contribution in [3.8, 4) is 0 Å². The molecule has 0 saturated carbocycles. The standard InChI is InChI=1S/C6H9N3O2S/c10-9(11)6-4-7-8-5(6)2-1-3-12/h4,12H,1-3H2,(H,7,8). The Balaban J connectivity index is 2.70. The lowest BCUT2D eigenvalue weighted by atomic mass is 10.2. The maximum Gasteiger partial charge on any atom is 0.309 e. The molecule has 0 fully saturated rings. The fourth-order valence-corrected chi connectivity index (χ4v) is 1.06. The van der Waals surface area contributed by atoms with E-state index < -0.39 is 4.92 Å². The molecule has 0 aliphatic carbocycles. The van der Waals surface area contributed by atoms with Crippen LogP contribution in [0.4, 0.5) is 5.69 Å². The molecule has 0 amide bonds. The Hall–Kier alpha value is -1.04. The molecule has 0 unspecified atom stereocenters. The number of nitrogens with zero attached hydrogens (tertiary/aromatic N) is 2. The first-order valence-electron chi connectivity index (χ1n) is 3.53. The quantitative estimate of drug-likeness (QED) is 0.422. The Morgan fingerprint density at radius 1 is 1.75 bits per heavy atom. The fourth-order valence-electron chi connectivity index (χ4n) is 0.904. The van der Waals surface area contributed by atoms with Gasteiger partial charge in [-0.05, 0) is 18.6 Å². The average molecular weight is 187 g/mol. The Labute approximate surface area is 74.7 Å². The summed E-state index contributed by atoms with van der Waals surface area (Å²) in [6.45, 7) is 0. The van der Waals surface area contributed by atoms with E-state index in [1.165, 1.54) is 6.20 Å². The zero-order valence-electron chi connectivity index (χ0n) is 6.36. The van der Waals surface area contributed by atoms with E-state index in [0.717, 1.165) is 12.2 Å². The molecular formula is C6H9N3O2S. The van der Waals surface area contributed by atoms with E-state index in [0.29, 0.717) is 12.1 Å². The Kier molecular flexibility index (Phi) is 3.09. The second-order valence-corrected chi connectivity index (χ2v) is 2.77. The van der Waals surface area contributed by atoms with Crippen molar-refractivity contribution in [3.63, 3.8) is 0 Å². The molecule has 1 aromatic rings. The van der Waals surface area contributed by atoms with Crippen molar-refractivity contribution in [1.82, 2.24) is 10.2 Å². The van der Waals surface area contributed by atoms with Gasteiger partial charge in [0.05, 0.1) is 4.92 Å². The molecule has 12 heavy (non-hydrogen) atoms. The predicted octanol–water partition coefficient (Wildman–Crippen LogP) is 1.18. The lowest BCUT2D eigenvalue weighted by molar-refractivity contribution is -0.385. The summed E-state index contributed by atoms with van der Waals surface area (Å²) in [7, 11) is 0. The van der Waals surface area contributed by atoms with E-state index in [9.17, 15) is 10.1 Å². The number of thiol groups is 1. The summed E-state index contributed by atoms with van der Waals surface area (Å²) < 4.78 is 0. The van der Waals surface area contributed by atoms with Gasteiger partial charge in [-0.25, -0.2) is 0 Å². The molecule has 1 aromatic heterocycles. The van der Waals surface area contributed by atoms with Crippen LogP contribution in [-0.2, 0) is 6.42 Å². The minimum absolute atomic E-state index is 0.0665. The van der Waals surface area contributed by atoms with E-state index in [1.54, 1.807) is 0 Å². The third-order valence-electron chi connectivity index (χ3n) is 1.48. The summed E-state index contributed by atoms with van der Waals surface area (Å²) in [5.41, 5.74) is 0.644. The highest BCUT2D eigenvalue weighted by Gasteiger charge is 2.14. The monoisotopic (exact) mass is 187 g/mol. The largest absolute Gasteiger partial charge is 0.309 e. The van der Waals surface area contributed by atoms with Gasteiger partial charge in [0.2, 0.25) is 0 Å². The Morgan fingerprint density at radius 3 is 3.08 bits per heavy atom. The zero-order valence-corrected chi connectivity index (χ0v) is 7.25. The molecule has 1 heterocycles. The maximum absolute atomic E-state index is 10.4. The van der Waals surface area contributed by atoms with E-state index in [1.807, 2.05) is 0 Å². The van der Waals surface area contributed by atoms with Crippen LogP contribution in [0.15, 0.2) is 6.20 Å². The number of H-pyrrole nitrogens is 1. The van der Waals surface area contributed by atoms with Gasteiger partial charge in [-0.3, -0.25) is 15.2 Å². The molecule has 0 bridgehead atoms.